The van der Waals surface area contributed by atoms with Gasteiger partial charge in [-0.3, -0.25) is 14.5 Å². The summed E-state index contributed by atoms with van der Waals surface area (Å²) in [4.78, 5) is 37.7. The monoisotopic (exact) mass is 505 g/mol. The van der Waals surface area contributed by atoms with Gasteiger partial charge in [0, 0.05) is 23.1 Å². The van der Waals surface area contributed by atoms with E-state index in [1.165, 1.54) is 22.7 Å². The minimum absolute atomic E-state index is 0.0435. The van der Waals surface area contributed by atoms with Crippen molar-refractivity contribution in [2.24, 2.45) is 0 Å². The van der Waals surface area contributed by atoms with E-state index in [-0.39, 0.29) is 24.6 Å². The van der Waals surface area contributed by atoms with Crippen LogP contribution in [0.15, 0.2) is 51.8 Å². The van der Waals surface area contributed by atoms with E-state index in [4.69, 9.17) is 17.3 Å². The van der Waals surface area contributed by atoms with Crippen LogP contribution in [0.5, 0.6) is 5.75 Å². The molecule has 10 heteroatoms. The first-order valence-electron chi connectivity index (χ1n) is 8.60. The van der Waals surface area contributed by atoms with Crippen LogP contribution in [0.3, 0.4) is 0 Å². The number of halogens is 1. The van der Waals surface area contributed by atoms with E-state index in [0.29, 0.717) is 9.23 Å². The maximum absolute atomic E-state index is 12.6. The topological polar surface area (TPSA) is 110 Å². The third-order valence-corrected chi connectivity index (χ3v) is 5.95. The molecule has 0 radical (unpaired) electrons. The number of carbonyl (C=O) groups is 3. The van der Waals surface area contributed by atoms with Crippen LogP contribution in [0.4, 0.5) is 5.69 Å². The number of aromatic carboxylic acids is 1. The number of thioether (sulfide) groups is 1. The standard InChI is InChI=1S/C20H15BrN2O5S2/c21-12-3-1-2-11(8-12)9-16-18(26)23(20(29)30-16)7-6-17(25)22-13-4-5-15(24)14(10-13)19(27)28/h1-5,8-10,24H,6-7H2,(H,22,25)(H,27,28)/p-1/b16-9+. The zero-order valence-electron chi connectivity index (χ0n) is 15.3. The molecule has 3 rings (SSSR count). The van der Waals surface area contributed by atoms with E-state index in [2.05, 4.69) is 21.2 Å². The normalized spacial score (nSPS) is 15.0. The maximum Gasteiger partial charge on any atom is 0.335 e. The molecule has 0 spiro atoms. The first-order chi connectivity index (χ1) is 14.2. The van der Waals surface area contributed by atoms with E-state index in [9.17, 15) is 19.5 Å². The number of anilines is 1. The third kappa shape index (κ3) is 5.26. The Labute approximate surface area is 189 Å². The van der Waals surface area contributed by atoms with Crippen molar-refractivity contribution < 1.29 is 24.6 Å². The molecule has 2 aromatic carbocycles. The largest absolute Gasteiger partial charge is 0.872 e. The summed E-state index contributed by atoms with van der Waals surface area (Å²) in [6.07, 6.45) is 1.69. The van der Waals surface area contributed by atoms with Crippen molar-refractivity contribution in [3.05, 3.63) is 63.0 Å². The van der Waals surface area contributed by atoms with E-state index in [0.717, 1.165) is 22.2 Å². The van der Waals surface area contributed by atoms with Crippen molar-refractivity contribution in [2.45, 2.75) is 6.42 Å². The molecule has 154 valence electrons. The summed E-state index contributed by atoms with van der Waals surface area (Å²) in [5, 5.41) is 23.0. The minimum atomic E-state index is -1.37. The van der Waals surface area contributed by atoms with E-state index in [1.807, 2.05) is 24.3 Å². The highest BCUT2D eigenvalue weighted by Gasteiger charge is 2.32. The molecular formula is C20H14BrN2O5S2-. The van der Waals surface area contributed by atoms with Gasteiger partial charge < -0.3 is 15.5 Å². The number of rotatable bonds is 6. The fraction of sp³-hybridized carbons (Fsp3) is 0.100. The summed E-state index contributed by atoms with van der Waals surface area (Å²) in [6.45, 7) is 0.0811. The number of carbonyl (C=O) groups excluding carboxylic acids is 2. The number of carboxylic acids is 1. The lowest BCUT2D eigenvalue weighted by molar-refractivity contribution is -0.268. The fourth-order valence-corrected chi connectivity index (χ4v) is 4.38. The third-order valence-electron chi connectivity index (χ3n) is 4.08. The molecule has 0 aliphatic carbocycles. The van der Waals surface area contributed by atoms with Crippen LogP contribution < -0.4 is 10.4 Å². The Balaban J connectivity index is 1.62. The van der Waals surface area contributed by atoms with Gasteiger partial charge >= 0.3 is 5.97 Å². The first-order valence-corrected chi connectivity index (χ1v) is 10.6. The summed E-state index contributed by atoms with van der Waals surface area (Å²) in [5.41, 5.74) is 0.609. The molecule has 1 aliphatic heterocycles. The molecular weight excluding hydrogens is 492 g/mol. The second-order valence-corrected chi connectivity index (χ2v) is 8.79. The molecule has 0 atom stereocenters. The Morgan fingerprint density at radius 1 is 1.27 bits per heavy atom. The zero-order chi connectivity index (χ0) is 21.8. The highest BCUT2D eigenvalue weighted by molar-refractivity contribution is 9.10. The molecule has 0 unspecified atom stereocenters. The van der Waals surface area contributed by atoms with Gasteiger partial charge in [0.15, 0.2) is 0 Å². The second-order valence-electron chi connectivity index (χ2n) is 6.20. The average molecular weight is 506 g/mol. The Kier molecular flexibility index (Phi) is 6.91. The van der Waals surface area contributed by atoms with Crippen LogP contribution in [0.25, 0.3) is 6.08 Å². The predicted octanol–water partition coefficient (Wildman–Crippen LogP) is 3.45. The summed E-state index contributed by atoms with van der Waals surface area (Å²) in [7, 11) is 0. The molecule has 0 bridgehead atoms. The van der Waals surface area contributed by atoms with Gasteiger partial charge in [0.2, 0.25) is 5.91 Å². The first kappa shape index (κ1) is 22.0. The van der Waals surface area contributed by atoms with Crippen molar-refractivity contribution in [2.75, 3.05) is 11.9 Å². The van der Waals surface area contributed by atoms with Crippen molar-refractivity contribution in [3.8, 4) is 5.75 Å². The van der Waals surface area contributed by atoms with Crippen molar-refractivity contribution >= 4 is 73.8 Å². The van der Waals surface area contributed by atoms with Crippen LogP contribution in [0.1, 0.15) is 22.3 Å². The highest BCUT2D eigenvalue weighted by Crippen LogP contribution is 2.33. The molecule has 30 heavy (non-hydrogen) atoms. The zero-order valence-corrected chi connectivity index (χ0v) is 18.5. The van der Waals surface area contributed by atoms with Crippen LogP contribution in [0, 0.1) is 0 Å². The van der Waals surface area contributed by atoms with Gasteiger partial charge in [-0.1, -0.05) is 63.9 Å². The van der Waals surface area contributed by atoms with Gasteiger partial charge in [-0.2, -0.15) is 0 Å². The summed E-state index contributed by atoms with van der Waals surface area (Å²) >= 11 is 9.81. The lowest BCUT2D eigenvalue weighted by atomic mass is 10.1. The number of benzene rings is 2. The number of hydrogen-bond acceptors (Lipinski definition) is 6. The molecule has 0 aromatic heterocycles. The smallest absolute Gasteiger partial charge is 0.335 e. The number of carboxylic acid groups (broad SMARTS) is 1. The van der Waals surface area contributed by atoms with Gasteiger partial charge in [0.1, 0.15) is 4.32 Å². The molecule has 1 fully saturated rings. The van der Waals surface area contributed by atoms with Gasteiger partial charge in [0.25, 0.3) is 5.91 Å². The van der Waals surface area contributed by atoms with E-state index in [1.54, 1.807) is 6.08 Å². The molecule has 2 amide bonds. The SMILES string of the molecule is O=C(CCN1C(=O)/C(=C\c2cccc(Br)c2)SC1=S)Nc1ccc([O-])c(C(=O)O)c1. The van der Waals surface area contributed by atoms with E-state index >= 15 is 0 Å². The van der Waals surface area contributed by atoms with Crippen molar-refractivity contribution in [1.29, 1.82) is 0 Å². The average Bonchev–Trinajstić information content (AvgIpc) is 2.94. The number of nitrogens with zero attached hydrogens (tertiary/aromatic N) is 1. The summed E-state index contributed by atoms with van der Waals surface area (Å²) in [5.74, 6) is -2.72. The van der Waals surface area contributed by atoms with E-state index < -0.39 is 23.2 Å². The van der Waals surface area contributed by atoms with Gasteiger partial charge in [-0.15, -0.1) is 0 Å². The molecule has 1 heterocycles. The quantitative estimate of drug-likeness (QED) is 0.456. The van der Waals surface area contributed by atoms with Crippen LogP contribution >= 0.6 is 39.9 Å². The number of nitrogens with one attached hydrogen (secondary N) is 1. The second kappa shape index (κ2) is 9.41. The van der Waals surface area contributed by atoms with Crippen molar-refractivity contribution in [3.63, 3.8) is 0 Å². The Hall–Kier alpha value is -2.69. The maximum atomic E-state index is 12.6. The number of hydrogen-bond donors (Lipinski definition) is 2. The molecule has 7 nitrogen and oxygen atoms in total. The van der Waals surface area contributed by atoms with Crippen molar-refractivity contribution in [1.82, 2.24) is 4.90 Å². The molecule has 1 saturated heterocycles. The summed E-state index contributed by atoms with van der Waals surface area (Å²) < 4.78 is 1.25. The Bertz CT molecular complexity index is 1090. The van der Waals surface area contributed by atoms with Gasteiger partial charge in [-0.25, -0.2) is 4.79 Å². The molecule has 2 aromatic rings. The minimum Gasteiger partial charge on any atom is -0.872 e. The number of amides is 2. The Morgan fingerprint density at radius 2 is 2.03 bits per heavy atom. The molecule has 0 saturated carbocycles. The Morgan fingerprint density at radius 3 is 2.73 bits per heavy atom. The predicted molar refractivity (Wildman–Crippen MR) is 120 cm³/mol. The van der Waals surface area contributed by atoms with Crippen LogP contribution in [-0.4, -0.2) is 38.7 Å². The van der Waals surface area contributed by atoms with Crippen LogP contribution in [-0.2, 0) is 9.59 Å². The molecule has 1 aliphatic rings. The van der Waals surface area contributed by atoms with Gasteiger partial charge in [0.05, 0.1) is 10.5 Å². The number of thiocarbonyl (C=S) groups is 1. The lowest BCUT2D eigenvalue weighted by Crippen LogP contribution is -2.31. The van der Waals surface area contributed by atoms with Gasteiger partial charge in [-0.05, 0) is 35.9 Å². The fourth-order valence-electron chi connectivity index (χ4n) is 2.65. The van der Waals surface area contributed by atoms with Crippen LogP contribution in [0.2, 0.25) is 0 Å². The summed E-state index contributed by atoms with van der Waals surface area (Å²) in [6, 6.07) is 11.0. The molecule has 2 N–H and O–H groups in total. The highest BCUT2D eigenvalue weighted by atomic mass is 79.9. The lowest BCUT2D eigenvalue weighted by Gasteiger charge is -2.15.